The lowest BCUT2D eigenvalue weighted by Crippen LogP contribution is -2.50. The second-order valence-electron chi connectivity index (χ2n) is 8.37. The van der Waals surface area contributed by atoms with E-state index in [0.717, 1.165) is 41.0 Å². The molecule has 2 aromatic heterocycles. The highest BCUT2D eigenvalue weighted by Crippen LogP contribution is 2.25. The van der Waals surface area contributed by atoms with Gasteiger partial charge in [0.1, 0.15) is 22.1 Å². The number of nitrogens with one attached hydrogen (secondary N) is 1. The Balaban J connectivity index is 1.34. The largest absolute Gasteiger partial charge is 0.444 e. The average Bonchev–Trinajstić information content (AvgIpc) is 3.29. The minimum absolute atomic E-state index is 0.237. The number of amides is 1. The van der Waals surface area contributed by atoms with Crippen LogP contribution in [0.3, 0.4) is 0 Å². The Labute approximate surface area is 186 Å². The molecule has 0 atom stereocenters. The van der Waals surface area contributed by atoms with E-state index in [1.54, 1.807) is 22.4 Å². The maximum Gasteiger partial charge on any atom is 0.410 e. The van der Waals surface area contributed by atoms with E-state index in [2.05, 4.69) is 32.3 Å². The molecule has 162 valence electrons. The zero-order chi connectivity index (χ0) is 21.8. The number of rotatable bonds is 4. The Hall–Kier alpha value is -3.13. The highest BCUT2D eigenvalue weighted by molar-refractivity contribution is 7.13. The lowest BCUT2D eigenvalue weighted by atomic mass is 10.2. The van der Waals surface area contributed by atoms with E-state index < -0.39 is 5.60 Å². The van der Waals surface area contributed by atoms with Crippen molar-refractivity contribution < 1.29 is 9.53 Å². The van der Waals surface area contributed by atoms with Gasteiger partial charge in [0, 0.05) is 49.1 Å². The molecule has 1 N–H and O–H groups in total. The van der Waals surface area contributed by atoms with Gasteiger partial charge in [0.25, 0.3) is 0 Å². The topological polar surface area (TPSA) is 70.6 Å². The lowest BCUT2D eigenvalue weighted by Gasteiger charge is -2.36. The molecule has 0 saturated carbocycles. The van der Waals surface area contributed by atoms with Gasteiger partial charge in [-0.2, -0.15) is 0 Å². The Morgan fingerprint density at radius 2 is 1.81 bits per heavy atom. The van der Waals surface area contributed by atoms with Crippen LogP contribution in [0.4, 0.5) is 22.0 Å². The Bertz CT molecular complexity index is 1010. The maximum absolute atomic E-state index is 12.2. The molecule has 3 heterocycles. The quantitative estimate of drug-likeness (QED) is 0.619. The monoisotopic (exact) mass is 437 g/mol. The number of nitrogens with zero attached hydrogens (tertiary/aromatic N) is 4. The third-order valence-corrected chi connectivity index (χ3v) is 5.63. The highest BCUT2D eigenvalue weighted by atomic mass is 32.1. The molecule has 1 amide bonds. The van der Waals surface area contributed by atoms with E-state index in [9.17, 15) is 4.79 Å². The summed E-state index contributed by atoms with van der Waals surface area (Å²) in [6, 6.07) is 14.2. The molecule has 1 aliphatic rings. The van der Waals surface area contributed by atoms with Gasteiger partial charge in [-0.25, -0.2) is 14.8 Å². The first-order valence-corrected chi connectivity index (χ1v) is 11.2. The van der Waals surface area contributed by atoms with Crippen molar-refractivity contribution in [3.05, 3.63) is 54.0 Å². The summed E-state index contributed by atoms with van der Waals surface area (Å²) in [5, 5.41) is 6.21. The summed E-state index contributed by atoms with van der Waals surface area (Å²) in [4.78, 5) is 25.3. The molecule has 0 unspecified atom stereocenters. The van der Waals surface area contributed by atoms with Gasteiger partial charge in [-0.05, 0) is 57.2 Å². The van der Waals surface area contributed by atoms with Crippen molar-refractivity contribution in [3.63, 3.8) is 0 Å². The normalized spacial score (nSPS) is 14.4. The first kappa shape index (κ1) is 21.1. The van der Waals surface area contributed by atoms with Crippen LogP contribution in [0.1, 0.15) is 20.8 Å². The van der Waals surface area contributed by atoms with Gasteiger partial charge in [0.15, 0.2) is 0 Å². The van der Waals surface area contributed by atoms with Crippen LogP contribution in [0, 0.1) is 0 Å². The summed E-state index contributed by atoms with van der Waals surface area (Å²) < 4.78 is 5.47. The number of hydrogen-bond donors (Lipinski definition) is 1. The van der Waals surface area contributed by atoms with Crippen molar-refractivity contribution in [1.82, 2.24) is 14.9 Å². The van der Waals surface area contributed by atoms with Crippen LogP contribution in [-0.4, -0.2) is 52.7 Å². The molecule has 1 fully saturated rings. The van der Waals surface area contributed by atoms with Gasteiger partial charge in [0.05, 0.1) is 0 Å². The van der Waals surface area contributed by atoms with Crippen LogP contribution < -0.4 is 10.2 Å². The number of aromatic nitrogens is 2. The summed E-state index contributed by atoms with van der Waals surface area (Å²) in [5.41, 5.74) is 2.50. The molecule has 0 radical (unpaired) electrons. The van der Waals surface area contributed by atoms with Crippen LogP contribution in [0.2, 0.25) is 0 Å². The van der Waals surface area contributed by atoms with Crippen LogP contribution in [0.5, 0.6) is 0 Å². The predicted octanol–water partition coefficient (Wildman–Crippen LogP) is 5.01. The van der Waals surface area contributed by atoms with Crippen LogP contribution >= 0.6 is 11.3 Å². The van der Waals surface area contributed by atoms with Gasteiger partial charge in [-0.1, -0.05) is 6.07 Å². The summed E-state index contributed by atoms with van der Waals surface area (Å²) in [6.07, 6.45) is 1.55. The number of thiazole rings is 1. The molecule has 31 heavy (non-hydrogen) atoms. The maximum atomic E-state index is 12.2. The number of benzene rings is 1. The predicted molar refractivity (Wildman–Crippen MR) is 125 cm³/mol. The molecule has 1 aromatic carbocycles. The summed E-state index contributed by atoms with van der Waals surface area (Å²) in [7, 11) is 0. The first-order chi connectivity index (χ1) is 14.9. The number of piperazine rings is 1. The van der Waals surface area contributed by atoms with Crippen molar-refractivity contribution in [2.75, 3.05) is 36.4 Å². The number of anilines is 3. The molecule has 0 aliphatic carbocycles. The van der Waals surface area contributed by atoms with Crippen LogP contribution in [-0.2, 0) is 4.74 Å². The molecule has 0 spiro atoms. The Morgan fingerprint density at radius 3 is 2.45 bits per heavy atom. The fraction of sp³-hybridized carbons (Fsp3) is 0.348. The van der Waals surface area contributed by atoms with E-state index in [1.807, 2.05) is 56.5 Å². The van der Waals surface area contributed by atoms with Crippen LogP contribution in [0.25, 0.3) is 10.7 Å². The SMILES string of the molecule is CC(C)(C)OC(=O)N1CCN(c2ccc(Nc3cccc(-c4nccs4)n3)cc2)CC1. The van der Waals surface area contributed by atoms with Gasteiger partial charge in [-0.3, -0.25) is 0 Å². The zero-order valence-corrected chi connectivity index (χ0v) is 18.9. The minimum Gasteiger partial charge on any atom is -0.444 e. The molecule has 7 nitrogen and oxygen atoms in total. The van der Waals surface area contributed by atoms with Crippen molar-refractivity contribution in [3.8, 4) is 10.7 Å². The van der Waals surface area contributed by atoms with Gasteiger partial charge in [0.2, 0.25) is 0 Å². The van der Waals surface area contributed by atoms with E-state index >= 15 is 0 Å². The summed E-state index contributed by atoms with van der Waals surface area (Å²) in [6.45, 7) is 8.54. The van der Waals surface area contributed by atoms with E-state index in [1.165, 1.54) is 0 Å². The number of hydrogen-bond acceptors (Lipinski definition) is 7. The first-order valence-electron chi connectivity index (χ1n) is 10.3. The zero-order valence-electron chi connectivity index (χ0n) is 18.0. The molecular formula is C23H27N5O2S. The molecule has 4 rings (SSSR count). The third-order valence-electron chi connectivity index (χ3n) is 4.84. The van der Waals surface area contributed by atoms with Crippen LogP contribution in [0.15, 0.2) is 54.0 Å². The van der Waals surface area contributed by atoms with Crippen molar-refractivity contribution in [1.29, 1.82) is 0 Å². The number of carbonyl (C=O) groups excluding carboxylic acids is 1. The molecule has 8 heteroatoms. The molecule has 3 aromatic rings. The van der Waals surface area contributed by atoms with Crippen molar-refractivity contribution in [2.24, 2.45) is 0 Å². The smallest absolute Gasteiger partial charge is 0.410 e. The van der Waals surface area contributed by atoms with E-state index in [-0.39, 0.29) is 6.09 Å². The van der Waals surface area contributed by atoms with Gasteiger partial charge in [-0.15, -0.1) is 11.3 Å². The van der Waals surface area contributed by atoms with E-state index in [0.29, 0.717) is 13.1 Å². The van der Waals surface area contributed by atoms with Crippen molar-refractivity contribution >= 4 is 34.6 Å². The van der Waals surface area contributed by atoms with Gasteiger partial charge < -0.3 is 19.9 Å². The fourth-order valence-electron chi connectivity index (χ4n) is 3.35. The molecule has 1 saturated heterocycles. The van der Waals surface area contributed by atoms with Gasteiger partial charge >= 0.3 is 6.09 Å². The average molecular weight is 438 g/mol. The fourth-order valence-corrected chi connectivity index (χ4v) is 3.96. The lowest BCUT2D eigenvalue weighted by molar-refractivity contribution is 0.0240. The summed E-state index contributed by atoms with van der Waals surface area (Å²) in [5.74, 6) is 0.784. The number of pyridine rings is 1. The Kier molecular flexibility index (Phi) is 6.08. The van der Waals surface area contributed by atoms with E-state index in [4.69, 9.17) is 4.74 Å². The second-order valence-corrected chi connectivity index (χ2v) is 9.27. The Morgan fingerprint density at radius 1 is 1.06 bits per heavy atom. The second kappa shape index (κ2) is 8.93. The summed E-state index contributed by atoms with van der Waals surface area (Å²) >= 11 is 1.57. The molecule has 0 bridgehead atoms. The minimum atomic E-state index is -0.467. The number of ether oxygens (including phenoxy) is 1. The number of carbonyl (C=O) groups is 1. The third kappa shape index (κ3) is 5.52. The standard InChI is InChI=1S/C23H27N5O2S/c1-23(2,3)30-22(29)28-14-12-27(13-15-28)18-9-7-17(8-10-18)25-20-6-4-5-19(26-20)21-24-11-16-31-21/h4-11,16H,12-15H2,1-3H3,(H,25,26). The molecular weight excluding hydrogens is 410 g/mol. The molecule has 1 aliphatic heterocycles. The van der Waals surface area contributed by atoms with Crippen molar-refractivity contribution in [2.45, 2.75) is 26.4 Å². The highest BCUT2D eigenvalue weighted by Gasteiger charge is 2.25.